The molecular weight excluding hydrogens is 402 g/mol. The molecule has 1 heterocycles. The summed E-state index contributed by atoms with van der Waals surface area (Å²) >= 11 is 0. The highest BCUT2D eigenvalue weighted by Gasteiger charge is 2.40. The molecule has 6 nitrogen and oxygen atoms in total. The smallest absolute Gasteiger partial charge is 0.341 e. The van der Waals surface area contributed by atoms with Gasteiger partial charge in [0, 0.05) is 11.6 Å². The van der Waals surface area contributed by atoms with Gasteiger partial charge in [-0.05, 0) is 74.9 Å². The molecule has 1 atom stereocenters. The number of ether oxygens (including phenoxy) is 1. The lowest BCUT2D eigenvalue weighted by Crippen LogP contribution is -2.36. The van der Waals surface area contributed by atoms with Gasteiger partial charge in [0.2, 0.25) is 0 Å². The molecule has 1 fully saturated rings. The quantitative estimate of drug-likeness (QED) is 0.535. The van der Waals surface area contributed by atoms with Crippen LogP contribution in [0.2, 0.25) is 0 Å². The number of aromatic nitrogens is 2. The summed E-state index contributed by atoms with van der Waals surface area (Å²) in [5.74, 6) is -0.287. The van der Waals surface area contributed by atoms with Gasteiger partial charge in [-0.1, -0.05) is 24.3 Å². The minimum absolute atomic E-state index is 0.0881. The average molecular weight is 430 g/mol. The van der Waals surface area contributed by atoms with Crippen molar-refractivity contribution >= 4 is 11.9 Å². The number of fused-ring (bicyclic) bond motifs is 1. The first-order valence-corrected chi connectivity index (χ1v) is 11.3. The Labute approximate surface area is 187 Å². The summed E-state index contributed by atoms with van der Waals surface area (Å²) in [5, 5.41) is 4.35. The molecule has 0 spiro atoms. The van der Waals surface area contributed by atoms with E-state index in [0.29, 0.717) is 29.5 Å². The molecule has 3 aromatic rings. The fraction of sp³-hybridized carbons (Fsp3) is 0.346. The van der Waals surface area contributed by atoms with E-state index in [1.807, 2.05) is 31.2 Å². The Morgan fingerprint density at radius 3 is 2.56 bits per heavy atom. The zero-order valence-electron chi connectivity index (χ0n) is 18.5. The van der Waals surface area contributed by atoms with E-state index in [1.165, 1.54) is 17.3 Å². The zero-order valence-corrected chi connectivity index (χ0v) is 18.5. The summed E-state index contributed by atoms with van der Waals surface area (Å²) in [6.45, 7) is 3.94. The Bertz CT molecular complexity index is 1160. The van der Waals surface area contributed by atoms with Crippen molar-refractivity contribution in [1.29, 1.82) is 0 Å². The number of carbonyl (C=O) groups excluding carboxylic acids is 2. The third kappa shape index (κ3) is 3.60. The summed E-state index contributed by atoms with van der Waals surface area (Å²) in [4.78, 5) is 27.7. The van der Waals surface area contributed by atoms with Gasteiger partial charge in [0.25, 0.3) is 5.91 Å². The molecule has 0 radical (unpaired) electrons. The molecule has 0 aliphatic heterocycles. The molecule has 1 saturated carbocycles. The number of nitrogens with zero attached hydrogens (tertiary/aromatic N) is 3. The van der Waals surface area contributed by atoms with E-state index in [-0.39, 0.29) is 17.9 Å². The highest BCUT2D eigenvalue weighted by molar-refractivity contribution is 5.95. The number of aryl methyl sites for hydroxylation is 1. The molecule has 1 amide bonds. The van der Waals surface area contributed by atoms with E-state index >= 15 is 0 Å². The number of hydrogen-bond donors (Lipinski definition) is 0. The van der Waals surface area contributed by atoms with Crippen molar-refractivity contribution in [3.8, 4) is 5.69 Å². The van der Waals surface area contributed by atoms with Gasteiger partial charge < -0.3 is 9.64 Å². The van der Waals surface area contributed by atoms with Crippen molar-refractivity contribution in [3.63, 3.8) is 0 Å². The number of esters is 1. The Balaban J connectivity index is 1.39. The minimum atomic E-state index is -0.375. The maximum Gasteiger partial charge on any atom is 0.341 e. The molecule has 1 unspecified atom stereocenters. The monoisotopic (exact) mass is 429 g/mol. The molecule has 0 N–H and O–H groups in total. The van der Waals surface area contributed by atoms with E-state index in [9.17, 15) is 9.59 Å². The number of rotatable bonds is 6. The fourth-order valence-electron chi connectivity index (χ4n) is 4.71. The van der Waals surface area contributed by atoms with Gasteiger partial charge in [0.15, 0.2) is 0 Å². The third-order valence-electron chi connectivity index (χ3n) is 6.48. The van der Waals surface area contributed by atoms with Crippen LogP contribution in [0.4, 0.5) is 0 Å². The van der Waals surface area contributed by atoms with Crippen molar-refractivity contribution in [2.75, 3.05) is 6.61 Å². The normalized spacial score (nSPS) is 17.1. The summed E-state index contributed by atoms with van der Waals surface area (Å²) in [6.07, 6.45) is 5.69. The first-order valence-electron chi connectivity index (χ1n) is 11.3. The van der Waals surface area contributed by atoms with Crippen molar-refractivity contribution in [2.45, 2.75) is 51.6 Å². The fourth-order valence-corrected chi connectivity index (χ4v) is 4.71. The number of amides is 1. The first kappa shape index (κ1) is 20.5. The molecule has 5 rings (SSSR count). The Hall–Kier alpha value is -3.41. The molecule has 2 aliphatic rings. The molecule has 2 aliphatic carbocycles. The van der Waals surface area contributed by atoms with E-state index in [4.69, 9.17) is 4.74 Å². The van der Waals surface area contributed by atoms with Crippen LogP contribution >= 0.6 is 0 Å². The van der Waals surface area contributed by atoms with Gasteiger partial charge in [-0.3, -0.25) is 4.79 Å². The molecule has 32 heavy (non-hydrogen) atoms. The van der Waals surface area contributed by atoms with Gasteiger partial charge in [0.05, 0.1) is 30.2 Å². The van der Waals surface area contributed by atoms with Gasteiger partial charge in [-0.2, -0.15) is 5.10 Å². The lowest BCUT2D eigenvalue weighted by Gasteiger charge is -2.30. The van der Waals surface area contributed by atoms with Crippen LogP contribution in [0.1, 0.15) is 69.8 Å². The summed E-state index contributed by atoms with van der Waals surface area (Å²) in [5.41, 5.74) is 5.30. The predicted molar refractivity (Wildman–Crippen MR) is 121 cm³/mol. The van der Waals surface area contributed by atoms with E-state index < -0.39 is 0 Å². The molecule has 2 aromatic carbocycles. The van der Waals surface area contributed by atoms with Crippen LogP contribution in [0, 0.1) is 6.92 Å². The van der Waals surface area contributed by atoms with Crippen LogP contribution in [0.15, 0.2) is 54.7 Å². The first-order chi connectivity index (χ1) is 15.6. The summed E-state index contributed by atoms with van der Waals surface area (Å²) in [6, 6.07) is 16.5. The lowest BCUT2D eigenvalue weighted by molar-refractivity contribution is 0.0525. The molecule has 0 bridgehead atoms. The van der Waals surface area contributed by atoms with Crippen LogP contribution in [-0.2, 0) is 11.2 Å². The standard InChI is InChI=1S/C26H27N3O3/c1-3-32-26(31)23-16-27-29(17(23)2)21-11-8-19(9-12-21)25(30)28(20-13-14-20)24-15-10-18-6-4-5-7-22(18)24/h4-9,11-12,16,20,24H,3,10,13-15H2,1-2H3. The molecule has 6 heteroatoms. The van der Waals surface area contributed by atoms with Crippen molar-refractivity contribution < 1.29 is 14.3 Å². The topological polar surface area (TPSA) is 64.4 Å². The van der Waals surface area contributed by atoms with Crippen LogP contribution in [0.25, 0.3) is 5.69 Å². The predicted octanol–water partition coefficient (Wildman–Crippen LogP) is 4.65. The molecule has 164 valence electrons. The number of benzene rings is 2. The van der Waals surface area contributed by atoms with Crippen molar-refractivity contribution in [3.05, 3.63) is 82.7 Å². The Morgan fingerprint density at radius 2 is 1.84 bits per heavy atom. The molecular formula is C26H27N3O3. The van der Waals surface area contributed by atoms with Crippen molar-refractivity contribution in [1.82, 2.24) is 14.7 Å². The van der Waals surface area contributed by atoms with Gasteiger partial charge in [-0.15, -0.1) is 0 Å². The zero-order chi connectivity index (χ0) is 22.2. The summed E-state index contributed by atoms with van der Waals surface area (Å²) in [7, 11) is 0. The second kappa shape index (κ2) is 8.26. The maximum atomic E-state index is 13.5. The molecule has 1 aromatic heterocycles. The van der Waals surface area contributed by atoms with Gasteiger partial charge >= 0.3 is 5.97 Å². The maximum absolute atomic E-state index is 13.5. The largest absolute Gasteiger partial charge is 0.462 e. The van der Waals surface area contributed by atoms with Crippen molar-refractivity contribution in [2.24, 2.45) is 0 Å². The summed E-state index contributed by atoms with van der Waals surface area (Å²) < 4.78 is 6.80. The number of hydrogen-bond acceptors (Lipinski definition) is 4. The third-order valence-corrected chi connectivity index (χ3v) is 6.48. The van der Waals surface area contributed by atoms with E-state index in [0.717, 1.165) is 31.4 Å². The van der Waals surface area contributed by atoms with Gasteiger partial charge in [0.1, 0.15) is 5.56 Å². The van der Waals surface area contributed by atoms with E-state index in [1.54, 1.807) is 11.6 Å². The second-order valence-electron chi connectivity index (χ2n) is 8.52. The van der Waals surface area contributed by atoms with Crippen LogP contribution in [0.3, 0.4) is 0 Å². The lowest BCUT2D eigenvalue weighted by atomic mass is 10.0. The van der Waals surface area contributed by atoms with Crippen LogP contribution in [0.5, 0.6) is 0 Å². The highest BCUT2D eigenvalue weighted by atomic mass is 16.5. The van der Waals surface area contributed by atoms with Gasteiger partial charge in [-0.25, -0.2) is 9.48 Å². The SMILES string of the molecule is CCOC(=O)c1cnn(-c2ccc(C(=O)N(C3CC3)C3CCc4ccccc43)cc2)c1C. The average Bonchev–Trinajstić information content (AvgIpc) is 3.44. The minimum Gasteiger partial charge on any atom is -0.462 e. The molecule has 0 saturated heterocycles. The van der Waals surface area contributed by atoms with E-state index in [2.05, 4.69) is 34.3 Å². The Morgan fingerprint density at radius 1 is 1.09 bits per heavy atom. The Kier molecular flexibility index (Phi) is 5.29. The highest BCUT2D eigenvalue weighted by Crippen LogP contribution is 2.42. The second-order valence-corrected chi connectivity index (χ2v) is 8.52. The number of carbonyl (C=O) groups is 2. The van der Waals surface area contributed by atoms with Crippen LogP contribution in [-0.4, -0.2) is 39.2 Å². The van der Waals surface area contributed by atoms with Crippen LogP contribution < -0.4 is 0 Å².